The second kappa shape index (κ2) is 11.7. The van der Waals surface area contributed by atoms with E-state index in [1.54, 1.807) is 55.6 Å². The third-order valence-corrected chi connectivity index (χ3v) is 7.96. The molecule has 2 heterocycles. The van der Waals surface area contributed by atoms with Crippen molar-refractivity contribution in [3.8, 4) is 17.2 Å². The third kappa shape index (κ3) is 6.63. The number of aryl methyl sites for hydroxylation is 1. The van der Waals surface area contributed by atoms with E-state index in [0.717, 1.165) is 29.9 Å². The maximum Gasteiger partial charge on any atom is 0.324 e. The highest BCUT2D eigenvalue weighted by molar-refractivity contribution is 7.90. The Labute approximate surface area is 253 Å². The Morgan fingerprint density at radius 2 is 1.64 bits per heavy atom. The van der Waals surface area contributed by atoms with Gasteiger partial charge in [0.25, 0.3) is 0 Å². The van der Waals surface area contributed by atoms with Gasteiger partial charge in [0.1, 0.15) is 23.1 Å². The molecule has 3 aromatic carbocycles. The van der Waals surface area contributed by atoms with Gasteiger partial charge in [-0.1, -0.05) is 24.3 Å². The lowest BCUT2D eigenvalue weighted by molar-refractivity contribution is 0.251. The molecule has 1 aliphatic rings. The molecule has 1 aliphatic carbocycles. The molecule has 5 aromatic rings. The Hall–Kier alpha value is -5.43. The van der Waals surface area contributed by atoms with Crippen LogP contribution in [0.2, 0.25) is 0 Å². The minimum Gasteiger partial charge on any atom is -0.457 e. The maximum atomic E-state index is 13.2. The number of ether oxygens (including phenoxy) is 1. The minimum absolute atomic E-state index is 0.189. The number of hydrogen-bond acceptors (Lipinski definition) is 7. The quantitative estimate of drug-likeness (QED) is 0.171. The first-order valence-corrected chi connectivity index (χ1v) is 15.7. The highest BCUT2D eigenvalue weighted by atomic mass is 32.2. The van der Waals surface area contributed by atoms with E-state index in [0.29, 0.717) is 40.2 Å². The molecule has 1 saturated carbocycles. The van der Waals surface area contributed by atoms with Crippen molar-refractivity contribution in [3.63, 3.8) is 0 Å². The molecule has 13 heteroatoms. The zero-order valence-corrected chi connectivity index (χ0v) is 24.7. The van der Waals surface area contributed by atoms with E-state index in [1.165, 1.54) is 16.8 Å². The summed E-state index contributed by atoms with van der Waals surface area (Å²) in [4.78, 5) is 29.7. The first-order valence-electron chi connectivity index (χ1n) is 13.8. The fourth-order valence-corrected chi connectivity index (χ4v) is 5.23. The van der Waals surface area contributed by atoms with Gasteiger partial charge in [0.2, 0.25) is 0 Å². The summed E-state index contributed by atoms with van der Waals surface area (Å²) in [6.45, 7) is 1.79. The van der Waals surface area contributed by atoms with Crippen molar-refractivity contribution in [1.29, 1.82) is 0 Å². The predicted molar refractivity (Wildman–Crippen MR) is 167 cm³/mol. The summed E-state index contributed by atoms with van der Waals surface area (Å²) in [5.41, 5.74) is 1.81. The summed E-state index contributed by atoms with van der Waals surface area (Å²) >= 11 is 0. The number of carbonyl (C=O) groups is 2. The van der Waals surface area contributed by atoms with E-state index >= 15 is 0 Å². The molecule has 6 rings (SSSR count). The molecule has 2 aromatic heterocycles. The van der Waals surface area contributed by atoms with Gasteiger partial charge >= 0.3 is 12.1 Å². The second-order valence-corrected chi connectivity index (χ2v) is 12.5. The summed E-state index contributed by atoms with van der Waals surface area (Å²) in [5.74, 6) is 1.81. The van der Waals surface area contributed by atoms with Crippen molar-refractivity contribution in [3.05, 3.63) is 90.8 Å². The number of fused-ring (bicyclic) bond motifs is 1. The third-order valence-electron chi connectivity index (χ3n) is 6.83. The van der Waals surface area contributed by atoms with Crippen molar-refractivity contribution in [2.24, 2.45) is 0 Å². The van der Waals surface area contributed by atoms with Gasteiger partial charge in [-0.15, -0.1) is 0 Å². The van der Waals surface area contributed by atoms with Crippen molar-refractivity contribution >= 4 is 50.0 Å². The summed E-state index contributed by atoms with van der Waals surface area (Å²) in [6.07, 6.45) is 4.66. The standard InChI is InChI=1S/C31H29N7O5S/c1-19-17-29(38(37-19)21-9-11-23(12-10-21)44(2,41)42)36-31(40)34-26-13-14-27(25-6-4-3-5-24(25)26)43-22-15-16-32-28(18-22)35-30(39)33-20-7-8-20/h3-6,9-18,20H,7-8H2,1-2H3,(H2,34,36,40)(H2,32,33,35,39). The molecule has 0 aliphatic heterocycles. The van der Waals surface area contributed by atoms with Crippen molar-refractivity contribution in [2.45, 2.75) is 30.7 Å². The monoisotopic (exact) mass is 611 g/mol. The first kappa shape index (κ1) is 28.7. The number of benzene rings is 3. The minimum atomic E-state index is -3.35. The lowest BCUT2D eigenvalue weighted by Gasteiger charge is -2.15. The molecule has 4 N–H and O–H groups in total. The average Bonchev–Trinajstić information content (AvgIpc) is 3.73. The summed E-state index contributed by atoms with van der Waals surface area (Å²) in [5, 5.41) is 17.3. The van der Waals surface area contributed by atoms with E-state index in [9.17, 15) is 18.0 Å². The predicted octanol–water partition coefficient (Wildman–Crippen LogP) is 5.85. The molecular formula is C31H29N7O5S. The Balaban J connectivity index is 1.19. The van der Waals surface area contributed by atoms with E-state index in [2.05, 4.69) is 31.3 Å². The van der Waals surface area contributed by atoms with Gasteiger partial charge in [0, 0.05) is 41.4 Å². The second-order valence-electron chi connectivity index (χ2n) is 10.4. The number of amides is 4. The SMILES string of the molecule is Cc1cc(NC(=O)Nc2ccc(Oc3ccnc(NC(=O)NC4CC4)c3)c3ccccc23)n(-c2ccc(S(C)(=O)=O)cc2)n1. The van der Waals surface area contributed by atoms with Gasteiger partial charge in [-0.25, -0.2) is 27.7 Å². The molecule has 224 valence electrons. The van der Waals surface area contributed by atoms with Crippen LogP contribution < -0.4 is 26.0 Å². The molecule has 4 amide bonds. The van der Waals surface area contributed by atoms with Crippen LogP contribution in [-0.2, 0) is 9.84 Å². The lowest BCUT2D eigenvalue weighted by Crippen LogP contribution is -2.30. The summed E-state index contributed by atoms with van der Waals surface area (Å²) < 4.78 is 31.4. The van der Waals surface area contributed by atoms with Crippen LogP contribution in [0.3, 0.4) is 0 Å². The molecule has 12 nitrogen and oxygen atoms in total. The fourth-order valence-electron chi connectivity index (χ4n) is 4.59. The number of pyridine rings is 1. The number of carbonyl (C=O) groups excluding carboxylic acids is 2. The molecule has 0 radical (unpaired) electrons. The highest BCUT2D eigenvalue weighted by Gasteiger charge is 2.23. The first-order chi connectivity index (χ1) is 21.1. The zero-order valence-electron chi connectivity index (χ0n) is 23.9. The van der Waals surface area contributed by atoms with Crippen LogP contribution in [0.25, 0.3) is 16.5 Å². The molecule has 0 saturated heterocycles. The fraction of sp³-hybridized carbons (Fsp3) is 0.161. The molecule has 0 atom stereocenters. The van der Waals surface area contributed by atoms with E-state index in [-0.39, 0.29) is 17.0 Å². The van der Waals surface area contributed by atoms with Gasteiger partial charge < -0.3 is 15.4 Å². The van der Waals surface area contributed by atoms with Crippen LogP contribution in [0, 0.1) is 6.92 Å². The Morgan fingerprint density at radius 3 is 2.36 bits per heavy atom. The Morgan fingerprint density at radius 1 is 0.886 bits per heavy atom. The Bertz CT molecular complexity index is 1990. The van der Waals surface area contributed by atoms with Crippen LogP contribution >= 0.6 is 0 Å². The molecule has 1 fully saturated rings. The largest absolute Gasteiger partial charge is 0.457 e. The highest BCUT2D eigenvalue weighted by Crippen LogP contribution is 2.35. The summed E-state index contributed by atoms with van der Waals surface area (Å²) in [7, 11) is -3.35. The van der Waals surface area contributed by atoms with Crippen molar-refractivity contribution < 1.29 is 22.7 Å². The molecule has 44 heavy (non-hydrogen) atoms. The zero-order chi connectivity index (χ0) is 30.8. The van der Waals surface area contributed by atoms with Gasteiger partial charge in [-0.05, 0) is 62.2 Å². The number of sulfone groups is 1. The van der Waals surface area contributed by atoms with E-state index in [1.807, 2.05) is 24.3 Å². The van der Waals surface area contributed by atoms with Gasteiger partial charge in [-0.3, -0.25) is 10.6 Å². The lowest BCUT2D eigenvalue weighted by atomic mass is 10.1. The van der Waals surface area contributed by atoms with Crippen LogP contribution in [0.1, 0.15) is 18.5 Å². The van der Waals surface area contributed by atoms with Crippen LogP contribution in [0.4, 0.5) is 26.9 Å². The average molecular weight is 612 g/mol. The molecule has 0 unspecified atom stereocenters. The number of nitrogens with one attached hydrogen (secondary N) is 4. The van der Waals surface area contributed by atoms with E-state index in [4.69, 9.17) is 4.74 Å². The van der Waals surface area contributed by atoms with Crippen molar-refractivity contribution in [2.75, 3.05) is 22.2 Å². The number of rotatable bonds is 8. The van der Waals surface area contributed by atoms with Gasteiger partial charge in [0.05, 0.1) is 22.0 Å². The number of hydrogen-bond donors (Lipinski definition) is 4. The topological polar surface area (TPSA) is 156 Å². The molecular weight excluding hydrogens is 582 g/mol. The van der Waals surface area contributed by atoms with E-state index < -0.39 is 15.9 Å². The number of anilines is 3. The number of nitrogens with zero attached hydrogens (tertiary/aromatic N) is 3. The molecule has 0 spiro atoms. The van der Waals surface area contributed by atoms with Crippen molar-refractivity contribution in [1.82, 2.24) is 20.1 Å². The maximum absolute atomic E-state index is 13.2. The number of urea groups is 2. The van der Waals surface area contributed by atoms with Gasteiger partial charge in [-0.2, -0.15) is 5.10 Å². The van der Waals surface area contributed by atoms with Crippen LogP contribution in [0.15, 0.2) is 90.0 Å². The van der Waals surface area contributed by atoms with Crippen LogP contribution in [-0.4, -0.2) is 47.5 Å². The normalized spacial score (nSPS) is 12.9. The molecule has 0 bridgehead atoms. The van der Waals surface area contributed by atoms with Crippen LogP contribution in [0.5, 0.6) is 11.5 Å². The number of aromatic nitrogens is 3. The Kier molecular flexibility index (Phi) is 7.62. The summed E-state index contributed by atoms with van der Waals surface area (Å²) in [6, 6.07) is 21.7. The van der Waals surface area contributed by atoms with Gasteiger partial charge in [0.15, 0.2) is 9.84 Å². The smallest absolute Gasteiger partial charge is 0.324 e.